The molecule has 36 heavy (non-hydrogen) atoms. The molecule has 4 aromatic rings. The molecule has 3 aromatic carbocycles. The number of hydrogen-bond acceptors (Lipinski definition) is 5. The van der Waals surface area contributed by atoms with Crippen LogP contribution >= 0.6 is 12.2 Å². The van der Waals surface area contributed by atoms with Gasteiger partial charge in [0.25, 0.3) is 5.89 Å². The minimum absolute atomic E-state index is 0.276. The van der Waals surface area contributed by atoms with Crippen LogP contribution in [-0.4, -0.2) is 22.4 Å². The van der Waals surface area contributed by atoms with E-state index in [-0.39, 0.29) is 6.04 Å². The van der Waals surface area contributed by atoms with Crippen LogP contribution in [0.3, 0.4) is 0 Å². The maximum atomic E-state index is 5.92. The summed E-state index contributed by atoms with van der Waals surface area (Å²) >= 11 is 5.92. The lowest BCUT2D eigenvalue weighted by molar-refractivity contribution is 0.403. The number of rotatable bonds is 5. The number of ether oxygens (including phenoxy) is 1. The quantitative estimate of drug-likeness (QED) is 0.336. The average molecular weight is 495 g/mol. The number of anilines is 1. The molecule has 1 N–H and O–H groups in total. The Kier molecular flexibility index (Phi) is 5.77. The predicted octanol–water partition coefficient (Wildman–Crippen LogP) is 6.10. The van der Waals surface area contributed by atoms with E-state index in [9.17, 15) is 0 Å². The summed E-state index contributed by atoms with van der Waals surface area (Å²) in [6.07, 6.45) is 3.44. The zero-order valence-corrected chi connectivity index (χ0v) is 21.0. The van der Waals surface area contributed by atoms with E-state index >= 15 is 0 Å². The summed E-state index contributed by atoms with van der Waals surface area (Å²) in [5.41, 5.74) is 7.59. The van der Waals surface area contributed by atoms with Gasteiger partial charge in [-0.05, 0) is 79.4 Å². The first-order chi connectivity index (χ1) is 17.6. The minimum atomic E-state index is -0.276. The number of allylic oxidation sites excluding steroid dienone is 1. The Labute approximate surface area is 215 Å². The maximum Gasteiger partial charge on any atom is 0.258 e. The van der Waals surface area contributed by atoms with Crippen LogP contribution in [-0.2, 0) is 12.8 Å². The molecule has 1 atom stereocenters. The zero-order valence-electron chi connectivity index (χ0n) is 20.2. The summed E-state index contributed by atoms with van der Waals surface area (Å²) in [6.45, 7) is 2.06. The fraction of sp³-hybridized carbons (Fsp3) is 0.207. The molecular weight excluding hydrogens is 468 g/mol. The lowest BCUT2D eigenvalue weighted by Gasteiger charge is -2.37. The Morgan fingerprint density at radius 1 is 1.00 bits per heavy atom. The highest BCUT2D eigenvalue weighted by atomic mass is 32.1. The second kappa shape index (κ2) is 9.24. The first kappa shape index (κ1) is 22.5. The summed E-state index contributed by atoms with van der Waals surface area (Å²) in [7, 11) is 1.67. The van der Waals surface area contributed by atoms with Crippen LogP contribution in [0.2, 0.25) is 0 Å². The normalized spacial score (nSPS) is 17.2. The van der Waals surface area contributed by atoms with Crippen LogP contribution in [0.25, 0.3) is 17.0 Å². The van der Waals surface area contributed by atoms with Crippen molar-refractivity contribution in [1.82, 2.24) is 15.5 Å². The van der Waals surface area contributed by atoms with Gasteiger partial charge < -0.3 is 14.6 Å². The zero-order chi connectivity index (χ0) is 24.6. The van der Waals surface area contributed by atoms with Crippen molar-refractivity contribution in [2.45, 2.75) is 32.2 Å². The molecule has 1 aliphatic carbocycles. The topological polar surface area (TPSA) is 63.4 Å². The third-order valence-electron chi connectivity index (χ3n) is 6.94. The Morgan fingerprint density at radius 2 is 1.83 bits per heavy atom. The van der Waals surface area contributed by atoms with Crippen molar-refractivity contribution in [1.29, 1.82) is 0 Å². The summed E-state index contributed by atoms with van der Waals surface area (Å²) in [6, 6.07) is 24.2. The number of methoxy groups -OCH3 is 1. The summed E-state index contributed by atoms with van der Waals surface area (Å²) in [4.78, 5) is 6.88. The highest BCUT2D eigenvalue weighted by Crippen LogP contribution is 2.40. The molecule has 6 rings (SSSR count). The van der Waals surface area contributed by atoms with Crippen molar-refractivity contribution in [2.24, 2.45) is 0 Å². The molecule has 2 aliphatic rings. The van der Waals surface area contributed by atoms with Crippen LogP contribution in [0.4, 0.5) is 5.69 Å². The van der Waals surface area contributed by atoms with Gasteiger partial charge in [0.2, 0.25) is 5.82 Å². The molecule has 0 radical (unpaired) electrons. The Morgan fingerprint density at radius 3 is 2.67 bits per heavy atom. The third-order valence-corrected chi connectivity index (χ3v) is 7.24. The molecule has 0 spiro atoms. The van der Waals surface area contributed by atoms with E-state index in [1.54, 1.807) is 7.11 Å². The van der Waals surface area contributed by atoms with E-state index in [4.69, 9.17) is 26.5 Å². The van der Waals surface area contributed by atoms with E-state index in [1.807, 2.05) is 48.5 Å². The van der Waals surface area contributed by atoms with Crippen LogP contribution < -0.4 is 15.0 Å². The Bertz CT molecular complexity index is 1480. The molecule has 0 bridgehead atoms. The van der Waals surface area contributed by atoms with Crippen LogP contribution in [0.5, 0.6) is 5.75 Å². The molecule has 1 aromatic heterocycles. The Balaban J connectivity index is 1.49. The standard InChI is InChI=1S/C29H26N4O2S/c1-18-25(28-31-27(32-35-28)20-8-4-3-5-9-20)26(22-12-7-13-24(17-22)34-2)30-29(36)33(18)23-15-14-19-10-6-11-21(19)16-23/h3-5,7-9,12-17,26H,6,10-11H2,1-2H3,(H,30,36). The average Bonchev–Trinajstić information content (AvgIpc) is 3.59. The molecule has 2 heterocycles. The summed E-state index contributed by atoms with van der Waals surface area (Å²) in [5.74, 6) is 1.78. The molecular formula is C29H26N4O2S. The van der Waals surface area contributed by atoms with Gasteiger partial charge in [0.15, 0.2) is 5.11 Å². The lowest BCUT2D eigenvalue weighted by Crippen LogP contribution is -2.46. The van der Waals surface area contributed by atoms with Gasteiger partial charge in [0.05, 0.1) is 18.7 Å². The minimum Gasteiger partial charge on any atom is -0.497 e. The second-order valence-corrected chi connectivity index (χ2v) is 9.48. The van der Waals surface area contributed by atoms with E-state index in [1.165, 1.54) is 17.5 Å². The van der Waals surface area contributed by atoms with Crippen molar-refractivity contribution in [3.8, 4) is 17.1 Å². The highest BCUT2D eigenvalue weighted by molar-refractivity contribution is 7.80. The van der Waals surface area contributed by atoms with Gasteiger partial charge in [-0.3, -0.25) is 4.90 Å². The molecule has 6 nitrogen and oxygen atoms in total. The van der Waals surface area contributed by atoms with Crippen molar-refractivity contribution in [3.63, 3.8) is 0 Å². The number of benzene rings is 3. The highest BCUT2D eigenvalue weighted by Gasteiger charge is 2.35. The number of nitrogens with one attached hydrogen (secondary N) is 1. The first-order valence-electron chi connectivity index (χ1n) is 12.1. The van der Waals surface area contributed by atoms with Gasteiger partial charge in [-0.15, -0.1) is 0 Å². The smallest absolute Gasteiger partial charge is 0.258 e. The fourth-order valence-corrected chi connectivity index (χ4v) is 5.50. The molecule has 1 unspecified atom stereocenters. The summed E-state index contributed by atoms with van der Waals surface area (Å²) < 4.78 is 11.4. The number of nitrogens with zero attached hydrogens (tertiary/aromatic N) is 3. The van der Waals surface area contributed by atoms with E-state index in [0.717, 1.165) is 46.7 Å². The predicted molar refractivity (Wildman–Crippen MR) is 145 cm³/mol. The number of hydrogen-bond donors (Lipinski definition) is 1. The van der Waals surface area contributed by atoms with Gasteiger partial charge >= 0.3 is 0 Å². The molecule has 0 saturated carbocycles. The van der Waals surface area contributed by atoms with Gasteiger partial charge in [0, 0.05) is 16.9 Å². The van der Waals surface area contributed by atoms with E-state index in [2.05, 4.69) is 46.6 Å². The molecule has 0 fully saturated rings. The van der Waals surface area contributed by atoms with Crippen LogP contribution in [0.15, 0.2) is 83.0 Å². The van der Waals surface area contributed by atoms with Crippen LogP contribution in [0.1, 0.15) is 42.0 Å². The maximum absolute atomic E-state index is 5.92. The monoisotopic (exact) mass is 494 g/mol. The number of fused-ring (bicyclic) bond motifs is 1. The van der Waals surface area contributed by atoms with Crippen molar-refractivity contribution >= 4 is 28.6 Å². The van der Waals surface area contributed by atoms with Crippen molar-refractivity contribution < 1.29 is 9.26 Å². The molecule has 0 saturated heterocycles. The number of aromatic nitrogens is 2. The Hall–Kier alpha value is -3.97. The van der Waals surface area contributed by atoms with Crippen LogP contribution in [0, 0.1) is 0 Å². The largest absolute Gasteiger partial charge is 0.497 e. The second-order valence-electron chi connectivity index (χ2n) is 9.09. The van der Waals surface area contributed by atoms with Gasteiger partial charge in [-0.2, -0.15) is 4.98 Å². The van der Waals surface area contributed by atoms with Crippen molar-refractivity contribution in [2.75, 3.05) is 12.0 Å². The lowest BCUT2D eigenvalue weighted by atomic mass is 9.94. The molecule has 1 aliphatic heterocycles. The van der Waals surface area contributed by atoms with Gasteiger partial charge in [-0.1, -0.05) is 53.7 Å². The van der Waals surface area contributed by atoms with E-state index in [0.29, 0.717) is 16.8 Å². The summed E-state index contributed by atoms with van der Waals surface area (Å²) in [5, 5.41) is 8.47. The van der Waals surface area contributed by atoms with E-state index < -0.39 is 0 Å². The van der Waals surface area contributed by atoms with Crippen molar-refractivity contribution in [3.05, 3.63) is 101 Å². The number of aryl methyl sites for hydroxylation is 2. The third kappa shape index (κ3) is 3.95. The molecule has 0 amide bonds. The fourth-order valence-electron chi connectivity index (χ4n) is 5.14. The van der Waals surface area contributed by atoms with Gasteiger partial charge in [-0.25, -0.2) is 0 Å². The van der Waals surface area contributed by atoms with Gasteiger partial charge in [0.1, 0.15) is 5.75 Å². The first-order valence-corrected chi connectivity index (χ1v) is 12.5. The SMILES string of the molecule is COc1cccc(C2NC(=S)N(c3ccc4c(c3)CCC4)C(C)=C2c2nc(-c3ccccc3)no2)c1. The molecule has 7 heteroatoms. The molecule has 180 valence electrons. The number of thiocarbonyl (C=S) groups is 1.